The number of amides is 3. The van der Waals surface area contributed by atoms with E-state index in [1.807, 2.05) is 0 Å². The maximum absolute atomic E-state index is 13.9. The normalized spacial score (nSPS) is 19.9. The summed E-state index contributed by atoms with van der Waals surface area (Å²) in [4.78, 5) is 55.3. The third-order valence-electron chi connectivity index (χ3n) is 6.82. The molecule has 0 spiro atoms. The number of aromatic hydroxyl groups is 1. The second-order valence-corrected chi connectivity index (χ2v) is 12.8. The minimum absolute atomic E-state index is 0.0632. The van der Waals surface area contributed by atoms with Gasteiger partial charge in [-0.1, -0.05) is 62.8 Å². The Labute approximate surface area is 249 Å². The van der Waals surface area contributed by atoms with E-state index in [-0.39, 0.29) is 29.0 Å². The van der Waals surface area contributed by atoms with E-state index in [1.165, 1.54) is 21.6 Å². The van der Waals surface area contributed by atoms with Crippen molar-refractivity contribution >= 4 is 79.7 Å². The lowest BCUT2D eigenvalue weighted by molar-refractivity contribution is -0.122. The molecule has 0 bridgehead atoms. The highest BCUT2D eigenvalue weighted by atomic mass is 79.9. The van der Waals surface area contributed by atoms with Crippen LogP contribution < -0.4 is 15.1 Å². The minimum atomic E-state index is -0.787. The highest BCUT2D eigenvalue weighted by molar-refractivity contribution is 9.10. The Morgan fingerprint density at radius 1 is 0.950 bits per heavy atom. The molecule has 1 fully saturated rings. The molecule has 12 heteroatoms. The molecule has 8 nitrogen and oxygen atoms in total. The number of benzene rings is 3. The second kappa shape index (κ2) is 10.5. The monoisotopic (exact) mass is 655 g/mol. The smallest absolute Gasteiger partial charge is 0.308 e. The zero-order valence-electron chi connectivity index (χ0n) is 20.4. The van der Waals surface area contributed by atoms with Crippen molar-refractivity contribution in [3.63, 3.8) is 0 Å². The quantitative estimate of drug-likeness (QED) is 0.218. The number of phenolic OH excluding ortho intramolecular Hbond substituents is 1. The number of fused-ring (bicyclic) bond motifs is 2. The lowest BCUT2D eigenvalue weighted by Gasteiger charge is -2.30. The van der Waals surface area contributed by atoms with Gasteiger partial charge in [-0.05, 0) is 66.2 Å². The van der Waals surface area contributed by atoms with Gasteiger partial charge in [-0.2, -0.15) is 0 Å². The van der Waals surface area contributed by atoms with Gasteiger partial charge in [-0.25, -0.2) is 4.90 Å². The largest absolute Gasteiger partial charge is 0.508 e. The topological polar surface area (TPSA) is 109 Å². The van der Waals surface area contributed by atoms with Gasteiger partial charge in [-0.3, -0.25) is 23.7 Å². The van der Waals surface area contributed by atoms with Crippen molar-refractivity contribution in [2.24, 2.45) is 5.92 Å². The molecule has 2 aliphatic rings. The zero-order valence-corrected chi connectivity index (χ0v) is 24.4. The van der Waals surface area contributed by atoms with E-state index < -0.39 is 23.0 Å². The number of nitrogens with one attached hydrogen (secondary N) is 1. The van der Waals surface area contributed by atoms with E-state index in [2.05, 4.69) is 21.2 Å². The van der Waals surface area contributed by atoms with Crippen molar-refractivity contribution in [2.45, 2.75) is 22.7 Å². The molecule has 3 heterocycles. The molecule has 3 amide bonds. The number of carbonyl (C=O) groups is 3. The molecular weight excluding hydrogens is 638 g/mol. The van der Waals surface area contributed by atoms with Gasteiger partial charge in [0.15, 0.2) is 0 Å². The lowest BCUT2D eigenvalue weighted by atomic mass is 9.83. The molecule has 1 aromatic heterocycles. The predicted octanol–water partition coefficient (Wildman–Crippen LogP) is 5.47. The highest BCUT2D eigenvalue weighted by Gasteiger charge is 2.56. The SMILES string of the molecule is O=C(Cn1c2c(sc1=O)[C@@H](c1ccc(Cl)cc1)[C@@H]1C(=O)N(c3ccc(Br)cc3)C(=O)[C@@H]1S2)Nc1ccc(O)cc1. The summed E-state index contributed by atoms with van der Waals surface area (Å²) in [6, 6.07) is 20.0. The summed E-state index contributed by atoms with van der Waals surface area (Å²) in [5, 5.41) is 12.4. The number of thiazole rings is 1. The van der Waals surface area contributed by atoms with Gasteiger partial charge in [-0.15, -0.1) is 0 Å². The van der Waals surface area contributed by atoms with E-state index in [9.17, 15) is 24.3 Å². The predicted molar refractivity (Wildman–Crippen MR) is 158 cm³/mol. The molecule has 4 aromatic rings. The first-order valence-corrected chi connectivity index (χ1v) is 15.0. The summed E-state index contributed by atoms with van der Waals surface area (Å²) < 4.78 is 2.18. The Hall–Kier alpha value is -3.38. The van der Waals surface area contributed by atoms with Crippen LogP contribution in [0.15, 0.2) is 87.1 Å². The molecule has 0 aliphatic carbocycles. The molecule has 0 saturated carbocycles. The van der Waals surface area contributed by atoms with E-state index in [0.29, 0.717) is 26.3 Å². The summed E-state index contributed by atoms with van der Waals surface area (Å²) in [5.74, 6) is -2.40. The van der Waals surface area contributed by atoms with Gasteiger partial charge in [0.1, 0.15) is 17.5 Å². The molecule has 3 atom stereocenters. The summed E-state index contributed by atoms with van der Waals surface area (Å²) >= 11 is 11.7. The average Bonchev–Trinajstić information content (AvgIpc) is 3.37. The van der Waals surface area contributed by atoms with Crippen molar-refractivity contribution in [3.05, 3.63) is 102 Å². The highest BCUT2D eigenvalue weighted by Crippen LogP contribution is 2.54. The summed E-state index contributed by atoms with van der Waals surface area (Å²) in [6.07, 6.45) is 0. The molecule has 40 heavy (non-hydrogen) atoms. The van der Waals surface area contributed by atoms with E-state index in [1.54, 1.807) is 60.7 Å². The molecule has 0 unspecified atom stereocenters. The fraction of sp³-hybridized carbons (Fsp3) is 0.143. The van der Waals surface area contributed by atoms with Crippen molar-refractivity contribution in [1.29, 1.82) is 0 Å². The zero-order chi connectivity index (χ0) is 28.1. The molecular formula is C28H19BrClN3O5S2. The van der Waals surface area contributed by atoms with Crippen LogP contribution >= 0.6 is 50.6 Å². The van der Waals surface area contributed by atoms with Crippen molar-refractivity contribution in [3.8, 4) is 5.75 Å². The Bertz CT molecular complexity index is 1700. The maximum Gasteiger partial charge on any atom is 0.308 e. The van der Waals surface area contributed by atoms with Crippen LogP contribution in [-0.2, 0) is 20.9 Å². The van der Waals surface area contributed by atoms with Gasteiger partial charge in [0.25, 0.3) is 0 Å². The van der Waals surface area contributed by atoms with Gasteiger partial charge in [0, 0.05) is 26.0 Å². The number of hydrogen-bond acceptors (Lipinski definition) is 7. The first-order chi connectivity index (χ1) is 19.2. The fourth-order valence-corrected chi connectivity index (χ4v) is 8.18. The number of aromatic nitrogens is 1. The second-order valence-electron chi connectivity index (χ2n) is 9.30. The Balaban J connectivity index is 1.40. The van der Waals surface area contributed by atoms with Gasteiger partial charge in [0.2, 0.25) is 17.7 Å². The Kier molecular flexibility index (Phi) is 7.07. The number of anilines is 2. The third kappa shape index (κ3) is 4.77. The molecule has 0 radical (unpaired) electrons. The number of phenols is 1. The van der Waals surface area contributed by atoms with Crippen LogP contribution in [0.25, 0.3) is 0 Å². The molecule has 2 N–H and O–H groups in total. The fourth-order valence-electron chi connectivity index (χ4n) is 5.02. The van der Waals surface area contributed by atoms with Crippen molar-refractivity contribution < 1.29 is 19.5 Å². The van der Waals surface area contributed by atoms with Crippen molar-refractivity contribution in [2.75, 3.05) is 10.2 Å². The van der Waals surface area contributed by atoms with Crippen molar-refractivity contribution in [1.82, 2.24) is 4.57 Å². The number of hydrogen-bond donors (Lipinski definition) is 2. The Morgan fingerprint density at radius 2 is 1.62 bits per heavy atom. The minimum Gasteiger partial charge on any atom is -0.508 e. The standard InChI is InChI=1S/C28H19BrClN3O5S2/c29-15-3-9-18(10-4-15)33-25(36)22-21(14-1-5-16(30)6-2-14)24-27(39-23(22)26(33)37)32(28(38)40-24)13-20(35)31-17-7-11-19(34)12-8-17/h1-12,21-23,34H,13H2,(H,31,35)/t21-,22-,23+/m0/s1. The van der Waals surface area contributed by atoms with Crippen LogP contribution in [0, 0.1) is 5.92 Å². The van der Waals surface area contributed by atoms with Crippen LogP contribution in [0.2, 0.25) is 5.02 Å². The summed E-state index contributed by atoms with van der Waals surface area (Å²) in [7, 11) is 0. The maximum atomic E-state index is 13.9. The number of thioether (sulfide) groups is 1. The number of halogens is 2. The van der Waals surface area contributed by atoms with Gasteiger partial charge >= 0.3 is 4.87 Å². The lowest BCUT2D eigenvalue weighted by Crippen LogP contribution is -2.33. The van der Waals surface area contributed by atoms with Crippen LogP contribution in [0.1, 0.15) is 16.4 Å². The average molecular weight is 657 g/mol. The molecule has 2 aliphatic heterocycles. The third-order valence-corrected chi connectivity index (χ3v) is 10.2. The van der Waals surface area contributed by atoms with Crippen LogP contribution in [0.4, 0.5) is 11.4 Å². The number of nitrogens with zero attached hydrogens (tertiary/aromatic N) is 2. The molecule has 6 rings (SSSR count). The number of rotatable bonds is 5. The molecule has 1 saturated heterocycles. The number of carbonyl (C=O) groups excluding carboxylic acids is 3. The molecule has 202 valence electrons. The van der Waals surface area contributed by atoms with Crippen LogP contribution in [-0.4, -0.2) is 32.6 Å². The summed E-state index contributed by atoms with van der Waals surface area (Å²) in [5.41, 5.74) is 1.69. The van der Waals surface area contributed by atoms with E-state index >= 15 is 0 Å². The van der Waals surface area contributed by atoms with E-state index in [4.69, 9.17) is 11.6 Å². The summed E-state index contributed by atoms with van der Waals surface area (Å²) in [6.45, 7) is -0.276. The first kappa shape index (κ1) is 26.8. The van der Waals surface area contributed by atoms with Gasteiger partial charge in [0.05, 0.1) is 16.6 Å². The van der Waals surface area contributed by atoms with Crippen LogP contribution in [0.3, 0.4) is 0 Å². The van der Waals surface area contributed by atoms with E-state index in [0.717, 1.165) is 33.1 Å². The van der Waals surface area contributed by atoms with Crippen LogP contribution in [0.5, 0.6) is 5.75 Å². The first-order valence-electron chi connectivity index (χ1n) is 12.1. The molecule has 3 aromatic carbocycles. The number of imide groups is 1. The Morgan fingerprint density at radius 3 is 2.30 bits per heavy atom. The van der Waals surface area contributed by atoms with Gasteiger partial charge < -0.3 is 10.4 Å².